The Balaban J connectivity index is 1.62. The quantitative estimate of drug-likeness (QED) is 0.300. The first kappa shape index (κ1) is 26.3. The number of aryl methyl sites for hydroxylation is 2. The van der Waals surface area contributed by atoms with Crippen molar-refractivity contribution in [2.45, 2.75) is 31.9 Å². The van der Waals surface area contributed by atoms with Gasteiger partial charge in [-0.05, 0) is 56.0 Å². The average molecular weight is 555 g/mol. The predicted octanol–water partition coefficient (Wildman–Crippen LogP) is 6.09. The van der Waals surface area contributed by atoms with E-state index in [0.717, 1.165) is 52.0 Å². The number of anilines is 1. The number of rotatable bonds is 5. The first-order valence-electron chi connectivity index (χ1n) is 13.6. The van der Waals surface area contributed by atoms with Gasteiger partial charge < -0.3 is 4.90 Å². The number of hydrogen-bond acceptors (Lipinski definition) is 4. The predicted molar refractivity (Wildman–Crippen MR) is 157 cm³/mol. The molecule has 0 spiro atoms. The standard InChI is InChI=1S/C32H31FN4O2S/c1-21-10-15-26(22(2)18-21)37-32-29(30(34-37)23-8-4-3-5-9-23)31(24-11-13-25(33)14-12-24)40-20-28(39)36(32)19-27(38)35-16-6-7-17-35/h3-5,8-15,18,31H,6-7,16-17,19-20H2,1-2H3/t31-/m0/s1. The number of carbonyl (C=O) groups is 2. The molecule has 8 heteroatoms. The molecule has 3 heterocycles. The van der Waals surface area contributed by atoms with Gasteiger partial charge in [-0.15, -0.1) is 11.8 Å². The van der Waals surface area contributed by atoms with Gasteiger partial charge in [-0.1, -0.05) is 60.2 Å². The fourth-order valence-corrected chi connectivity index (χ4v) is 6.84. The lowest BCUT2D eigenvalue weighted by atomic mass is 9.99. The van der Waals surface area contributed by atoms with Crippen molar-refractivity contribution in [1.82, 2.24) is 14.7 Å². The van der Waals surface area contributed by atoms with E-state index in [1.54, 1.807) is 17.0 Å². The minimum Gasteiger partial charge on any atom is -0.341 e. The van der Waals surface area contributed by atoms with E-state index >= 15 is 0 Å². The van der Waals surface area contributed by atoms with Gasteiger partial charge in [-0.3, -0.25) is 14.5 Å². The fraction of sp³-hybridized carbons (Fsp3) is 0.281. The number of likely N-dealkylation sites (tertiary alicyclic amines) is 1. The molecule has 0 aliphatic carbocycles. The van der Waals surface area contributed by atoms with Crippen LogP contribution in [0.3, 0.4) is 0 Å². The number of aromatic nitrogens is 2. The van der Waals surface area contributed by atoms with Crippen LogP contribution in [-0.2, 0) is 9.59 Å². The first-order chi connectivity index (χ1) is 19.4. The van der Waals surface area contributed by atoms with Crippen LogP contribution in [0, 0.1) is 19.7 Å². The fourth-order valence-electron chi connectivity index (χ4n) is 5.64. The first-order valence-corrected chi connectivity index (χ1v) is 14.7. The zero-order chi connectivity index (χ0) is 27.8. The number of hydrogen-bond donors (Lipinski definition) is 0. The summed E-state index contributed by atoms with van der Waals surface area (Å²) in [6.07, 6.45) is 1.96. The third kappa shape index (κ3) is 4.92. The summed E-state index contributed by atoms with van der Waals surface area (Å²) in [5, 5.41) is 4.87. The number of thioether (sulfide) groups is 1. The molecule has 1 atom stereocenters. The molecule has 40 heavy (non-hydrogen) atoms. The number of fused-ring (bicyclic) bond motifs is 1. The Labute approximate surface area is 237 Å². The van der Waals surface area contributed by atoms with Gasteiger partial charge in [0.25, 0.3) is 0 Å². The second-order valence-electron chi connectivity index (χ2n) is 10.5. The van der Waals surface area contributed by atoms with E-state index in [0.29, 0.717) is 18.9 Å². The van der Waals surface area contributed by atoms with E-state index in [9.17, 15) is 14.0 Å². The maximum atomic E-state index is 14.0. The molecule has 3 aromatic carbocycles. The van der Waals surface area contributed by atoms with Crippen molar-refractivity contribution in [2.24, 2.45) is 0 Å². The average Bonchev–Trinajstić information content (AvgIpc) is 3.60. The van der Waals surface area contributed by atoms with E-state index in [2.05, 4.69) is 6.07 Å². The second kappa shape index (κ2) is 10.9. The summed E-state index contributed by atoms with van der Waals surface area (Å²) in [6, 6.07) is 22.5. The van der Waals surface area contributed by atoms with Crippen molar-refractivity contribution in [3.05, 3.63) is 101 Å². The summed E-state index contributed by atoms with van der Waals surface area (Å²) < 4.78 is 15.8. The number of halogens is 1. The second-order valence-corrected chi connectivity index (χ2v) is 11.6. The van der Waals surface area contributed by atoms with Gasteiger partial charge in [0.1, 0.15) is 18.2 Å². The van der Waals surface area contributed by atoms with Gasteiger partial charge >= 0.3 is 0 Å². The normalized spacial score (nSPS) is 17.2. The van der Waals surface area contributed by atoms with Crippen molar-refractivity contribution in [1.29, 1.82) is 0 Å². The zero-order valence-electron chi connectivity index (χ0n) is 22.6. The van der Waals surface area contributed by atoms with Gasteiger partial charge in [-0.25, -0.2) is 9.07 Å². The molecule has 6 nitrogen and oxygen atoms in total. The van der Waals surface area contributed by atoms with E-state index in [1.807, 2.05) is 65.9 Å². The molecule has 0 saturated carbocycles. The highest BCUT2D eigenvalue weighted by atomic mass is 32.2. The summed E-state index contributed by atoms with van der Waals surface area (Å²) in [5.41, 5.74) is 6.37. The highest BCUT2D eigenvalue weighted by molar-refractivity contribution is 8.00. The molecule has 6 rings (SSSR count). The summed E-state index contributed by atoms with van der Waals surface area (Å²) >= 11 is 1.49. The third-order valence-electron chi connectivity index (χ3n) is 7.64. The van der Waals surface area contributed by atoms with Crippen LogP contribution in [0.25, 0.3) is 16.9 Å². The third-order valence-corrected chi connectivity index (χ3v) is 8.90. The monoisotopic (exact) mass is 554 g/mol. The Morgan fingerprint density at radius 2 is 1.73 bits per heavy atom. The number of benzene rings is 3. The molecule has 4 aromatic rings. The highest BCUT2D eigenvalue weighted by Gasteiger charge is 2.38. The highest BCUT2D eigenvalue weighted by Crippen LogP contribution is 2.48. The summed E-state index contributed by atoms with van der Waals surface area (Å²) in [4.78, 5) is 30.8. The molecule has 0 N–H and O–H groups in total. The van der Waals surface area contributed by atoms with Crippen molar-refractivity contribution < 1.29 is 14.0 Å². The smallest absolute Gasteiger partial charge is 0.242 e. The summed E-state index contributed by atoms with van der Waals surface area (Å²) in [6.45, 7) is 5.45. The van der Waals surface area contributed by atoms with Crippen molar-refractivity contribution in [3.8, 4) is 16.9 Å². The van der Waals surface area contributed by atoms with Crippen LogP contribution in [0.15, 0.2) is 72.8 Å². The van der Waals surface area contributed by atoms with Gasteiger partial charge in [0.2, 0.25) is 11.8 Å². The lowest BCUT2D eigenvalue weighted by Gasteiger charge is -2.26. The molecule has 1 fully saturated rings. The minimum atomic E-state index is -0.314. The zero-order valence-corrected chi connectivity index (χ0v) is 23.5. The van der Waals surface area contributed by atoms with Crippen molar-refractivity contribution >= 4 is 29.4 Å². The summed E-state index contributed by atoms with van der Waals surface area (Å²) in [5.74, 6) is 0.268. The number of amides is 2. The largest absolute Gasteiger partial charge is 0.341 e. The lowest BCUT2D eigenvalue weighted by Crippen LogP contribution is -2.43. The maximum Gasteiger partial charge on any atom is 0.242 e. The molecule has 0 bridgehead atoms. The molecular weight excluding hydrogens is 523 g/mol. The Kier molecular flexibility index (Phi) is 7.19. The van der Waals surface area contributed by atoms with Crippen LogP contribution in [0.4, 0.5) is 10.2 Å². The van der Waals surface area contributed by atoms with E-state index in [-0.39, 0.29) is 35.2 Å². The molecule has 1 aromatic heterocycles. The molecule has 1 saturated heterocycles. The van der Waals surface area contributed by atoms with Crippen LogP contribution in [0.1, 0.15) is 40.3 Å². The molecule has 2 amide bonds. The molecule has 2 aliphatic heterocycles. The van der Waals surface area contributed by atoms with E-state index in [4.69, 9.17) is 5.10 Å². The van der Waals surface area contributed by atoms with E-state index < -0.39 is 0 Å². The Morgan fingerprint density at radius 1 is 1.00 bits per heavy atom. The van der Waals surface area contributed by atoms with Gasteiger partial charge in [0.05, 0.1) is 22.4 Å². The van der Waals surface area contributed by atoms with Crippen LogP contribution < -0.4 is 4.90 Å². The SMILES string of the molecule is Cc1ccc(-n2nc(-c3ccccc3)c3c2N(CC(=O)N2CCCC2)C(=O)CS[C@H]3c2ccc(F)cc2)c(C)c1. The molecular formula is C32H31FN4O2S. The topological polar surface area (TPSA) is 58.4 Å². The molecule has 2 aliphatic rings. The van der Waals surface area contributed by atoms with Crippen LogP contribution >= 0.6 is 11.8 Å². The van der Waals surface area contributed by atoms with Crippen molar-refractivity contribution in [3.63, 3.8) is 0 Å². The van der Waals surface area contributed by atoms with Gasteiger partial charge in [0.15, 0.2) is 0 Å². The lowest BCUT2D eigenvalue weighted by molar-refractivity contribution is -0.130. The van der Waals surface area contributed by atoms with E-state index in [1.165, 1.54) is 23.9 Å². The van der Waals surface area contributed by atoms with Gasteiger partial charge in [-0.2, -0.15) is 5.10 Å². The number of carbonyl (C=O) groups excluding carboxylic acids is 2. The molecule has 0 unspecified atom stereocenters. The maximum absolute atomic E-state index is 14.0. The van der Waals surface area contributed by atoms with Crippen LogP contribution in [0.2, 0.25) is 0 Å². The minimum absolute atomic E-state index is 0.0483. The Morgan fingerprint density at radius 3 is 2.42 bits per heavy atom. The van der Waals surface area contributed by atoms with Gasteiger partial charge in [0, 0.05) is 24.2 Å². The van der Waals surface area contributed by atoms with Crippen LogP contribution in [-0.4, -0.2) is 51.9 Å². The van der Waals surface area contributed by atoms with Crippen LogP contribution in [0.5, 0.6) is 0 Å². The Hall–Kier alpha value is -3.91. The molecule has 204 valence electrons. The Bertz CT molecular complexity index is 1560. The number of nitrogens with zero attached hydrogens (tertiary/aromatic N) is 4. The molecule has 0 radical (unpaired) electrons. The van der Waals surface area contributed by atoms with Crippen molar-refractivity contribution in [2.75, 3.05) is 30.3 Å². The summed E-state index contributed by atoms with van der Waals surface area (Å²) in [7, 11) is 0.